The van der Waals surface area contributed by atoms with Crippen molar-refractivity contribution in [3.05, 3.63) is 24.2 Å². The van der Waals surface area contributed by atoms with Gasteiger partial charge in [0.1, 0.15) is 5.76 Å². The van der Waals surface area contributed by atoms with Crippen LogP contribution in [0.15, 0.2) is 22.8 Å². The topological polar surface area (TPSA) is 51.2 Å². The fraction of sp³-hybridized carbons (Fsp3) is 0.636. The molecule has 1 heterocycles. The van der Waals surface area contributed by atoms with Gasteiger partial charge in [-0.1, -0.05) is 0 Å². The summed E-state index contributed by atoms with van der Waals surface area (Å²) in [6.07, 6.45) is 5.34. The van der Waals surface area contributed by atoms with Gasteiger partial charge in [-0.15, -0.1) is 0 Å². The summed E-state index contributed by atoms with van der Waals surface area (Å²) in [5, 5.41) is 3.40. The van der Waals surface area contributed by atoms with Crippen LogP contribution in [-0.4, -0.2) is 12.6 Å². The minimum Gasteiger partial charge on any atom is -0.468 e. The highest BCUT2D eigenvalue weighted by molar-refractivity contribution is 4.97. The Balaban J connectivity index is 1.64. The van der Waals surface area contributed by atoms with Gasteiger partial charge in [-0.3, -0.25) is 0 Å². The lowest BCUT2D eigenvalue weighted by molar-refractivity contribution is 0.441. The first-order chi connectivity index (χ1) is 6.84. The van der Waals surface area contributed by atoms with Gasteiger partial charge in [0, 0.05) is 6.04 Å². The molecule has 1 aromatic heterocycles. The van der Waals surface area contributed by atoms with Crippen molar-refractivity contribution < 1.29 is 4.42 Å². The maximum Gasteiger partial charge on any atom is 0.117 e. The molecule has 2 atom stereocenters. The maximum absolute atomic E-state index is 5.85. The second kappa shape index (κ2) is 4.62. The first-order valence-electron chi connectivity index (χ1n) is 5.33. The summed E-state index contributed by atoms with van der Waals surface area (Å²) < 4.78 is 5.23. The van der Waals surface area contributed by atoms with Crippen LogP contribution in [0.5, 0.6) is 0 Å². The number of hydrogen-bond donors (Lipinski definition) is 2. The van der Waals surface area contributed by atoms with Crippen molar-refractivity contribution in [1.82, 2.24) is 5.32 Å². The molecular weight excluding hydrogens is 176 g/mol. The van der Waals surface area contributed by atoms with E-state index in [9.17, 15) is 0 Å². The van der Waals surface area contributed by atoms with E-state index in [-0.39, 0.29) is 0 Å². The van der Waals surface area contributed by atoms with Gasteiger partial charge in [0.05, 0.1) is 12.8 Å². The Bertz CT molecular complexity index is 258. The second-order valence-electron chi connectivity index (χ2n) is 4.15. The van der Waals surface area contributed by atoms with Gasteiger partial charge in [-0.2, -0.15) is 0 Å². The van der Waals surface area contributed by atoms with E-state index < -0.39 is 0 Å². The fourth-order valence-corrected chi connectivity index (χ4v) is 2.11. The zero-order valence-electron chi connectivity index (χ0n) is 8.41. The molecule has 0 saturated heterocycles. The Morgan fingerprint density at radius 1 is 1.50 bits per heavy atom. The molecule has 78 valence electrons. The van der Waals surface area contributed by atoms with Gasteiger partial charge in [-0.25, -0.2) is 0 Å². The summed E-state index contributed by atoms with van der Waals surface area (Å²) in [5.74, 6) is 1.77. The fourth-order valence-electron chi connectivity index (χ4n) is 2.11. The molecule has 0 aromatic carbocycles. The second-order valence-corrected chi connectivity index (χ2v) is 4.15. The minimum absolute atomic E-state index is 0.436. The van der Waals surface area contributed by atoms with Crippen LogP contribution in [0.3, 0.4) is 0 Å². The van der Waals surface area contributed by atoms with Crippen LogP contribution < -0.4 is 11.1 Å². The van der Waals surface area contributed by atoms with Gasteiger partial charge >= 0.3 is 0 Å². The minimum atomic E-state index is 0.436. The van der Waals surface area contributed by atoms with Crippen LogP contribution in [0.2, 0.25) is 0 Å². The molecule has 0 spiro atoms. The SMILES string of the molecule is NC1CCC(CNCc2ccco2)C1. The molecular formula is C11H18N2O. The first-order valence-corrected chi connectivity index (χ1v) is 5.33. The van der Waals surface area contributed by atoms with Gasteiger partial charge in [0.25, 0.3) is 0 Å². The van der Waals surface area contributed by atoms with Gasteiger partial charge in [-0.05, 0) is 43.9 Å². The summed E-state index contributed by atoms with van der Waals surface area (Å²) in [6, 6.07) is 4.35. The Morgan fingerprint density at radius 2 is 2.43 bits per heavy atom. The van der Waals surface area contributed by atoms with E-state index in [1.165, 1.54) is 19.3 Å². The van der Waals surface area contributed by atoms with Crippen molar-refractivity contribution in [3.8, 4) is 0 Å². The van der Waals surface area contributed by atoms with Crippen LogP contribution in [0.25, 0.3) is 0 Å². The Labute approximate surface area is 84.7 Å². The number of furan rings is 1. The molecule has 3 heteroatoms. The molecule has 1 fully saturated rings. The molecule has 0 bridgehead atoms. The lowest BCUT2D eigenvalue weighted by atomic mass is 10.1. The number of hydrogen-bond acceptors (Lipinski definition) is 3. The third-order valence-electron chi connectivity index (χ3n) is 2.89. The van der Waals surface area contributed by atoms with E-state index in [2.05, 4.69) is 5.32 Å². The highest BCUT2D eigenvalue weighted by Crippen LogP contribution is 2.23. The highest BCUT2D eigenvalue weighted by Gasteiger charge is 2.20. The summed E-state index contributed by atoms with van der Waals surface area (Å²) in [5.41, 5.74) is 5.85. The third kappa shape index (κ3) is 2.59. The molecule has 1 saturated carbocycles. The largest absolute Gasteiger partial charge is 0.468 e. The van der Waals surface area contributed by atoms with Gasteiger partial charge < -0.3 is 15.5 Å². The molecule has 2 unspecified atom stereocenters. The monoisotopic (exact) mass is 194 g/mol. The van der Waals surface area contributed by atoms with Crippen LogP contribution in [0.1, 0.15) is 25.0 Å². The first kappa shape index (κ1) is 9.74. The predicted octanol–water partition coefficient (Wildman–Crippen LogP) is 1.50. The van der Waals surface area contributed by atoms with Crippen molar-refractivity contribution >= 4 is 0 Å². The Morgan fingerprint density at radius 3 is 3.07 bits per heavy atom. The smallest absolute Gasteiger partial charge is 0.117 e. The van der Waals surface area contributed by atoms with Crippen LogP contribution >= 0.6 is 0 Å². The third-order valence-corrected chi connectivity index (χ3v) is 2.89. The van der Waals surface area contributed by atoms with Crippen LogP contribution in [-0.2, 0) is 6.54 Å². The molecule has 2 rings (SSSR count). The summed E-state index contributed by atoms with van der Waals surface area (Å²) in [4.78, 5) is 0. The molecule has 0 aliphatic heterocycles. The molecule has 3 nitrogen and oxygen atoms in total. The number of rotatable bonds is 4. The van der Waals surface area contributed by atoms with E-state index in [0.717, 1.165) is 24.8 Å². The van der Waals surface area contributed by atoms with Crippen molar-refractivity contribution in [2.75, 3.05) is 6.54 Å². The number of nitrogens with two attached hydrogens (primary N) is 1. The van der Waals surface area contributed by atoms with E-state index >= 15 is 0 Å². The molecule has 0 radical (unpaired) electrons. The average Bonchev–Trinajstić information content (AvgIpc) is 2.77. The van der Waals surface area contributed by atoms with Crippen LogP contribution in [0.4, 0.5) is 0 Å². The van der Waals surface area contributed by atoms with Gasteiger partial charge in [0.15, 0.2) is 0 Å². The quantitative estimate of drug-likeness (QED) is 0.763. The predicted molar refractivity (Wildman–Crippen MR) is 55.7 cm³/mol. The molecule has 1 aliphatic carbocycles. The zero-order valence-corrected chi connectivity index (χ0v) is 8.41. The van der Waals surface area contributed by atoms with E-state index in [1.54, 1.807) is 6.26 Å². The molecule has 1 aliphatic rings. The zero-order chi connectivity index (χ0) is 9.80. The van der Waals surface area contributed by atoms with Gasteiger partial charge in [0.2, 0.25) is 0 Å². The summed E-state index contributed by atoms with van der Waals surface area (Å²) in [6.45, 7) is 1.90. The average molecular weight is 194 g/mol. The summed E-state index contributed by atoms with van der Waals surface area (Å²) >= 11 is 0. The van der Waals surface area contributed by atoms with Crippen molar-refractivity contribution in [3.63, 3.8) is 0 Å². The normalized spacial score (nSPS) is 26.9. The Kier molecular flexibility index (Phi) is 3.22. The van der Waals surface area contributed by atoms with Crippen LogP contribution in [0, 0.1) is 5.92 Å². The number of nitrogens with one attached hydrogen (secondary N) is 1. The van der Waals surface area contributed by atoms with Crippen molar-refractivity contribution in [2.45, 2.75) is 31.8 Å². The maximum atomic E-state index is 5.85. The lowest BCUT2D eigenvalue weighted by Gasteiger charge is -2.09. The van der Waals surface area contributed by atoms with E-state index in [4.69, 9.17) is 10.2 Å². The molecule has 14 heavy (non-hydrogen) atoms. The lowest BCUT2D eigenvalue weighted by Crippen LogP contribution is -2.22. The highest BCUT2D eigenvalue weighted by atomic mass is 16.3. The Hall–Kier alpha value is -0.800. The van der Waals surface area contributed by atoms with E-state index in [0.29, 0.717) is 6.04 Å². The standard InChI is InChI=1S/C11H18N2O/c12-10-4-3-9(6-10)7-13-8-11-2-1-5-14-11/h1-2,5,9-10,13H,3-4,6-8,12H2. The molecule has 3 N–H and O–H groups in total. The van der Waals surface area contributed by atoms with E-state index in [1.807, 2.05) is 12.1 Å². The summed E-state index contributed by atoms with van der Waals surface area (Å²) in [7, 11) is 0. The van der Waals surface area contributed by atoms with Crippen molar-refractivity contribution in [1.29, 1.82) is 0 Å². The van der Waals surface area contributed by atoms with Crippen molar-refractivity contribution in [2.24, 2.45) is 11.7 Å². The molecule has 0 amide bonds. The molecule has 1 aromatic rings.